The number of aromatic nitrogens is 2. The summed E-state index contributed by atoms with van der Waals surface area (Å²) in [4.78, 5) is 22.8. The smallest absolute Gasteiger partial charge is 0.252 e. The number of aryl methyl sites for hydroxylation is 1. The van der Waals surface area contributed by atoms with Crippen molar-refractivity contribution in [2.75, 3.05) is 25.0 Å². The van der Waals surface area contributed by atoms with E-state index in [1.54, 1.807) is 24.8 Å². The monoisotopic (exact) mass is 374 g/mol. The second-order valence-electron chi connectivity index (χ2n) is 6.80. The zero-order valence-corrected chi connectivity index (χ0v) is 16.2. The Morgan fingerprint density at radius 1 is 0.964 bits per heavy atom. The van der Waals surface area contributed by atoms with Crippen LogP contribution in [0.15, 0.2) is 73.3 Å². The highest BCUT2D eigenvalue weighted by Gasteiger charge is 2.09. The van der Waals surface area contributed by atoms with Crippen molar-refractivity contribution in [3.8, 4) is 0 Å². The zero-order chi connectivity index (χ0) is 19.6. The Balaban J connectivity index is 1.48. The summed E-state index contributed by atoms with van der Waals surface area (Å²) < 4.78 is 0. The summed E-state index contributed by atoms with van der Waals surface area (Å²) in [5.41, 5.74) is 4.05. The van der Waals surface area contributed by atoms with E-state index >= 15 is 0 Å². The molecule has 28 heavy (non-hydrogen) atoms. The number of pyridine rings is 2. The largest absolute Gasteiger partial charge is 0.373 e. The Bertz CT molecular complexity index is 868. The molecule has 5 heteroatoms. The van der Waals surface area contributed by atoms with Crippen molar-refractivity contribution in [1.29, 1.82) is 0 Å². The van der Waals surface area contributed by atoms with Crippen LogP contribution in [0.4, 0.5) is 5.69 Å². The highest BCUT2D eigenvalue weighted by molar-refractivity contribution is 5.94. The number of amides is 1. The van der Waals surface area contributed by atoms with Crippen molar-refractivity contribution in [2.24, 2.45) is 0 Å². The molecule has 1 N–H and O–H groups in total. The minimum absolute atomic E-state index is 0.0788. The Morgan fingerprint density at radius 3 is 2.50 bits per heavy atom. The van der Waals surface area contributed by atoms with Gasteiger partial charge in [-0.2, -0.15) is 0 Å². The number of carbonyl (C=O) groups excluding carboxylic acids is 1. The van der Waals surface area contributed by atoms with Crippen LogP contribution in [0.5, 0.6) is 0 Å². The fourth-order valence-electron chi connectivity index (χ4n) is 2.98. The first-order valence-electron chi connectivity index (χ1n) is 9.59. The summed E-state index contributed by atoms with van der Waals surface area (Å²) in [6.45, 7) is 1.49. The number of nitrogens with zero attached hydrogens (tertiary/aromatic N) is 3. The topological polar surface area (TPSA) is 58.1 Å². The lowest BCUT2D eigenvalue weighted by atomic mass is 10.1. The van der Waals surface area contributed by atoms with Crippen molar-refractivity contribution in [3.05, 3.63) is 90.0 Å². The minimum Gasteiger partial charge on any atom is -0.373 e. The Morgan fingerprint density at radius 2 is 1.71 bits per heavy atom. The van der Waals surface area contributed by atoms with E-state index in [0.29, 0.717) is 12.1 Å². The molecule has 0 aliphatic heterocycles. The van der Waals surface area contributed by atoms with Gasteiger partial charge in [-0.3, -0.25) is 14.8 Å². The molecule has 2 heterocycles. The number of hydrogen-bond donors (Lipinski definition) is 1. The van der Waals surface area contributed by atoms with Crippen LogP contribution in [-0.2, 0) is 12.8 Å². The first kappa shape index (κ1) is 19.5. The Hall–Kier alpha value is -3.21. The molecular formula is C23H26N4O. The van der Waals surface area contributed by atoms with Crippen molar-refractivity contribution in [1.82, 2.24) is 15.3 Å². The molecule has 0 spiro atoms. The molecule has 0 radical (unpaired) electrons. The van der Waals surface area contributed by atoms with Crippen molar-refractivity contribution in [3.63, 3.8) is 0 Å². The molecule has 0 aliphatic rings. The molecule has 0 saturated carbocycles. The number of nitrogens with one attached hydrogen (secondary N) is 1. The van der Waals surface area contributed by atoms with Gasteiger partial charge in [0.05, 0.1) is 17.4 Å². The maximum atomic E-state index is 12.4. The van der Waals surface area contributed by atoms with Gasteiger partial charge >= 0.3 is 0 Å². The lowest BCUT2D eigenvalue weighted by Gasteiger charge is -2.19. The highest BCUT2D eigenvalue weighted by Crippen LogP contribution is 2.14. The van der Waals surface area contributed by atoms with Gasteiger partial charge in [-0.05, 0) is 48.6 Å². The Kier molecular flexibility index (Phi) is 7.13. The first-order valence-corrected chi connectivity index (χ1v) is 9.59. The zero-order valence-electron chi connectivity index (χ0n) is 16.2. The number of hydrogen-bond acceptors (Lipinski definition) is 4. The summed E-state index contributed by atoms with van der Waals surface area (Å²) in [5, 5.41) is 2.99. The summed E-state index contributed by atoms with van der Waals surface area (Å²) in [7, 11) is 2.01. The lowest BCUT2D eigenvalue weighted by molar-refractivity contribution is 0.0953. The van der Waals surface area contributed by atoms with Crippen LogP contribution >= 0.6 is 0 Å². The molecule has 0 bridgehead atoms. The van der Waals surface area contributed by atoms with E-state index in [4.69, 9.17) is 0 Å². The van der Waals surface area contributed by atoms with Crippen molar-refractivity contribution < 1.29 is 4.79 Å². The fourth-order valence-corrected chi connectivity index (χ4v) is 2.98. The molecule has 0 unspecified atom stereocenters. The van der Waals surface area contributed by atoms with Gasteiger partial charge in [0.15, 0.2) is 0 Å². The Labute approximate surface area is 166 Å². The number of carbonyl (C=O) groups is 1. The third-order valence-electron chi connectivity index (χ3n) is 4.68. The third kappa shape index (κ3) is 5.91. The molecule has 5 nitrogen and oxygen atoms in total. The van der Waals surface area contributed by atoms with Crippen LogP contribution in [0.2, 0.25) is 0 Å². The summed E-state index contributed by atoms with van der Waals surface area (Å²) in [5.74, 6) is -0.0788. The summed E-state index contributed by atoms with van der Waals surface area (Å²) in [6.07, 6.45) is 9.80. The molecule has 1 amide bonds. The van der Waals surface area contributed by atoms with Gasteiger partial charge in [-0.1, -0.05) is 30.3 Å². The maximum Gasteiger partial charge on any atom is 0.252 e. The fraction of sp³-hybridized carbons (Fsp3) is 0.261. The van der Waals surface area contributed by atoms with E-state index in [-0.39, 0.29) is 5.91 Å². The van der Waals surface area contributed by atoms with Crippen LogP contribution in [0, 0.1) is 0 Å². The molecule has 0 fully saturated rings. The van der Waals surface area contributed by atoms with Crippen LogP contribution < -0.4 is 10.2 Å². The molecular weight excluding hydrogens is 348 g/mol. The molecule has 3 aromatic rings. The van der Waals surface area contributed by atoms with Gasteiger partial charge in [0.25, 0.3) is 5.91 Å². The molecule has 1 aromatic carbocycles. The van der Waals surface area contributed by atoms with Gasteiger partial charge in [-0.15, -0.1) is 0 Å². The van der Waals surface area contributed by atoms with E-state index in [9.17, 15) is 4.79 Å². The van der Waals surface area contributed by atoms with Gasteiger partial charge in [0.1, 0.15) is 0 Å². The van der Waals surface area contributed by atoms with E-state index in [2.05, 4.69) is 32.3 Å². The van der Waals surface area contributed by atoms with E-state index in [0.717, 1.165) is 31.5 Å². The summed E-state index contributed by atoms with van der Waals surface area (Å²) in [6, 6.07) is 16.2. The lowest BCUT2D eigenvalue weighted by Crippen LogP contribution is -2.26. The number of likely N-dealkylation sites (N-methyl/N-ethyl adjacent to an activating group) is 1. The van der Waals surface area contributed by atoms with Gasteiger partial charge in [0.2, 0.25) is 0 Å². The van der Waals surface area contributed by atoms with Crippen molar-refractivity contribution in [2.45, 2.75) is 19.3 Å². The molecule has 0 aliphatic carbocycles. The number of rotatable bonds is 9. The quantitative estimate of drug-likeness (QED) is 0.582. The van der Waals surface area contributed by atoms with Crippen LogP contribution in [0.25, 0.3) is 0 Å². The molecule has 2 aromatic heterocycles. The number of benzene rings is 1. The van der Waals surface area contributed by atoms with E-state index in [1.165, 1.54) is 11.1 Å². The second kappa shape index (κ2) is 10.2. The third-order valence-corrected chi connectivity index (χ3v) is 4.68. The average Bonchev–Trinajstić information content (AvgIpc) is 2.76. The predicted octanol–water partition coefficient (Wildman–Crippen LogP) is 3.52. The van der Waals surface area contributed by atoms with E-state index in [1.807, 2.05) is 43.4 Å². The molecule has 3 rings (SSSR count). The molecule has 144 valence electrons. The van der Waals surface area contributed by atoms with Gasteiger partial charge in [0, 0.05) is 38.7 Å². The van der Waals surface area contributed by atoms with Crippen molar-refractivity contribution >= 4 is 11.6 Å². The second-order valence-corrected chi connectivity index (χ2v) is 6.80. The summed E-state index contributed by atoms with van der Waals surface area (Å²) >= 11 is 0. The van der Waals surface area contributed by atoms with Gasteiger partial charge < -0.3 is 10.2 Å². The predicted molar refractivity (Wildman–Crippen MR) is 113 cm³/mol. The molecule has 0 saturated heterocycles. The van der Waals surface area contributed by atoms with E-state index < -0.39 is 0 Å². The maximum absolute atomic E-state index is 12.4. The van der Waals surface area contributed by atoms with Crippen LogP contribution in [0.1, 0.15) is 27.9 Å². The number of anilines is 1. The van der Waals surface area contributed by atoms with Crippen LogP contribution in [-0.4, -0.2) is 36.0 Å². The standard InChI is InChI=1S/C23H26N4O/c1-27(15-11-20-9-13-24-14-10-20)22-16-21(17-25-18-22)23(28)26-12-5-8-19-6-3-2-4-7-19/h2-4,6-7,9-10,13-14,16-18H,5,8,11-12,15H2,1H3,(H,26,28). The average molecular weight is 374 g/mol. The first-order chi connectivity index (χ1) is 13.7. The highest BCUT2D eigenvalue weighted by atomic mass is 16.1. The normalized spacial score (nSPS) is 10.5. The SMILES string of the molecule is CN(CCc1ccncc1)c1cncc(C(=O)NCCCc2ccccc2)c1. The van der Waals surface area contributed by atoms with Gasteiger partial charge in [-0.25, -0.2) is 0 Å². The molecule has 0 atom stereocenters. The minimum atomic E-state index is -0.0788. The van der Waals surface area contributed by atoms with Crippen LogP contribution in [0.3, 0.4) is 0 Å².